The summed E-state index contributed by atoms with van der Waals surface area (Å²) in [7, 11) is 0. The molecule has 0 spiro atoms. The summed E-state index contributed by atoms with van der Waals surface area (Å²) in [6, 6.07) is 0.505. The van der Waals surface area contributed by atoms with Gasteiger partial charge in [-0.25, -0.2) is 0 Å². The molecule has 0 aromatic rings. The van der Waals surface area contributed by atoms with E-state index >= 15 is 0 Å². The smallest absolute Gasteiger partial charge is 0.220 e. The number of rotatable bonds is 4. The van der Waals surface area contributed by atoms with Crippen molar-refractivity contribution in [2.24, 2.45) is 5.92 Å². The molecule has 2 aliphatic rings. The van der Waals surface area contributed by atoms with Crippen LogP contribution in [0.1, 0.15) is 44.9 Å². The van der Waals surface area contributed by atoms with Gasteiger partial charge in [-0.3, -0.25) is 4.79 Å². The summed E-state index contributed by atoms with van der Waals surface area (Å²) in [5.74, 6) is 1.05. The summed E-state index contributed by atoms with van der Waals surface area (Å²) in [5.41, 5.74) is 0. The molecule has 3 heteroatoms. The van der Waals surface area contributed by atoms with E-state index < -0.39 is 0 Å². The maximum absolute atomic E-state index is 11.6. The van der Waals surface area contributed by atoms with E-state index in [9.17, 15) is 4.79 Å². The SMILES string of the molecule is O=C(CCC1CCNCC1)NC1CCC1. The summed E-state index contributed by atoms with van der Waals surface area (Å²) in [5, 5.41) is 6.45. The summed E-state index contributed by atoms with van der Waals surface area (Å²) in [4.78, 5) is 11.6. The first-order valence-electron chi connectivity index (χ1n) is 6.34. The summed E-state index contributed by atoms with van der Waals surface area (Å²) in [6.07, 6.45) is 7.99. The Labute approximate surface area is 92.0 Å². The lowest BCUT2D eigenvalue weighted by Gasteiger charge is -2.27. The Hall–Kier alpha value is -0.570. The predicted molar refractivity (Wildman–Crippen MR) is 60.6 cm³/mol. The van der Waals surface area contributed by atoms with Gasteiger partial charge in [-0.15, -0.1) is 0 Å². The van der Waals surface area contributed by atoms with E-state index in [1.807, 2.05) is 0 Å². The Morgan fingerprint density at radius 3 is 2.53 bits per heavy atom. The third kappa shape index (κ3) is 3.49. The van der Waals surface area contributed by atoms with E-state index in [1.54, 1.807) is 0 Å². The second-order valence-electron chi connectivity index (χ2n) is 4.93. The van der Waals surface area contributed by atoms with Gasteiger partial charge in [0.15, 0.2) is 0 Å². The molecule has 0 bridgehead atoms. The molecule has 1 aliphatic carbocycles. The van der Waals surface area contributed by atoms with Gasteiger partial charge in [0.1, 0.15) is 0 Å². The first kappa shape index (κ1) is 10.9. The van der Waals surface area contributed by atoms with Gasteiger partial charge in [-0.1, -0.05) is 0 Å². The van der Waals surface area contributed by atoms with Gasteiger partial charge in [-0.2, -0.15) is 0 Å². The summed E-state index contributed by atoms with van der Waals surface area (Å²) >= 11 is 0. The van der Waals surface area contributed by atoms with Crippen LogP contribution in [0.15, 0.2) is 0 Å². The Bertz CT molecular complexity index is 208. The number of hydrogen-bond acceptors (Lipinski definition) is 2. The molecule has 1 aliphatic heterocycles. The van der Waals surface area contributed by atoms with Gasteiger partial charge >= 0.3 is 0 Å². The van der Waals surface area contributed by atoms with Crippen molar-refractivity contribution in [2.75, 3.05) is 13.1 Å². The van der Waals surface area contributed by atoms with Crippen LogP contribution in [0.5, 0.6) is 0 Å². The number of carbonyl (C=O) groups excluding carboxylic acids is 1. The van der Waals surface area contributed by atoms with Gasteiger partial charge in [0.25, 0.3) is 0 Å². The second kappa shape index (κ2) is 5.50. The first-order valence-corrected chi connectivity index (χ1v) is 6.34. The highest BCUT2D eigenvalue weighted by Crippen LogP contribution is 2.20. The number of carbonyl (C=O) groups is 1. The molecular weight excluding hydrogens is 188 g/mol. The zero-order valence-electron chi connectivity index (χ0n) is 9.43. The highest BCUT2D eigenvalue weighted by molar-refractivity contribution is 5.76. The Kier molecular flexibility index (Phi) is 4.01. The summed E-state index contributed by atoms with van der Waals surface area (Å²) < 4.78 is 0. The van der Waals surface area contributed by atoms with Crippen molar-refractivity contribution < 1.29 is 4.79 Å². The standard InChI is InChI=1S/C12H22N2O/c15-12(14-11-2-1-3-11)5-4-10-6-8-13-9-7-10/h10-11,13H,1-9H2,(H,14,15). The molecule has 1 amide bonds. The molecule has 0 aromatic heterocycles. The lowest BCUT2D eigenvalue weighted by Crippen LogP contribution is -2.39. The maximum Gasteiger partial charge on any atom is 0.220 e. The van der Waals surface area contributed by atoms with Crippen molar-refractivity contribution in [3.05, 3.63) is 0 Å². The zero-order chi connectivity index (χ0) is 10.5. The fraction of sp³-hybridized carbons (Fsp3) is 0.917. The average Bonchev–Trinajstić information content (AvgIpc) is 2.22. The van der Waals surface area contributed by atoms with Crippen LogP contribution in [0.4, 0.5) is 0 Å². The zero-order valence-corrected chi connectivity index (χ0v) is 9.43. The molecular formula is C12H22N2O. The molecule has 1 saturated heterocycles. The quantitative estimate of drug-likeness (QED) is 0.737. The minimum absolute atomic E-state index is 0.276. The van der Waals surface area contributed by atoms with E-state index in [0.29, 0.717) is 6.04 Å². The van der Waals surface area contributed by atoms with Crippen molar-refractivity contribution >= 4 is 5.91 Å². The molecule has 2 fully saturated rings. The monoisotopic (exact) mass is 210 g/mol. The molecule has 2 rings (SSSR count). The van der Waals surface area contributed by atoms with Crippen LogP contribution < -0.4 is 10.6 Å². The van der Waals surface area contributed by atoms with Crippen LogP contribution in [0.2, 0.25) is 0 Å². The summed E-state index contributed by atoms with van der Waals surface area (Å²) in [6.45, 7) is 2.27. The molecule has 86 valence electrons. The third-order valence-electron chi connectivity index (χ3n) is 3.71. The van der Waals surface area contributed by atoms with Crippen LogP contribution >= 0.6 is 0 Å². The minimum Gasteiger partial charge on any atom is -0.353 e. The normalized spacial score (nSPS) is 23.5. The second-order valence-corrected chi connectivity index (χ2v) is 4.93. The molecule has 1 heterocycles. The topological polar surface area (TPSA) is 41.1 Å². The molecule has 15 heavy (non-hydrogen) atoms. The van der Waals surface area contributed by atoms with Crippen LogP contribution in [-0.4, -0.2) is 25.0 Å². The van der Waals surface area contributed by atoms with Gasteiger partial charge in [0.05, 0.1) is 0 Å². The number of hydrogen-bond donors (Lipinski definition) is 2. The van der Waals surface area contributed by atoms with Crippen molar-refractivity contribution in [1.82, 2.24) is 10.6 Å². The Morgan fingerprint density at radius 2 is 1.93 bits per heavy atom. The van der Waals surface area contributed by atoms with Crippen molar-refractivity contribution in [1.29, 1.82) is 0 Å². The fourth-order valence-corrected chi connectivity index (χ4v) is 2.36. The third-order valence-corrected chi connectivity index (χ3v) is 3.71. The molecule has 3 nitrogen and oxygen atoms in total. The molecule has 0 radical (unpaired) electrons. The van der Waals surface area contributed by atoms with Crippen LogP contribution in [-0.2, 0) is 4.79 Å². The number of piperidine rings is 1. The molecule has 0 aromatic carbocycles. The van der Waals surface area contributed by atoms with Crippen molar-refractivity contribution in [3.63, 3.8) is 0 Å². The van der Waals surface area contributed by atoms with E-state index in [2.05, 4.69) is 10.6 Å². The van der Waals surface area contributed by atoms with Gasteiger partial charge in [0, 0.05) is 12.5 Å². The Balaban J connectivity index is 1.57. The lowest BCUT2D eigenvalue weighted by molar-refractivity contribution is -0.122. The Morgan fingerprint density at radius 1 is 1.20 bits per heavy atom. The van der Waals surface area contributed by atoms with E-state index in [0.717, 1.165) is 31.8 Å². The van der Waals surface area contributed by atoms with Crippen molar-refractivity contribution in [2.45, 2.75) is 51.0 Å². The largest absolute Gasteiger partial charge is 0.353 e. The highest BCUT2D eigenvalue weighted by atomic mass is 16.1. The van der Waals surface area contributed by atoms with Crippen molar-refractivity contribution in [3.8, 4) is 0 Å². The number of nitrogens with one attached hydrogen (secondary N) is 2. The molecule has 0 unspecified atom stereocenters. The van der Waals surface area contributed by atoms with Gasteiger partial charge in [0.2, 0.25) is 5.91 Å². The van der Waals surface area contributed by atoms with E-state index in [4.69, 9.17) is 0 Å². The molecule has 2 N–H and O–H groups in total. The lowest BCUT2D eigenvalue weighted by atomic mass is 9.91. The van der Waals surface area contributed by atoms with Crippen LogP contribution in [0.25, 0.3) is 0 Å². The fourth-order valence-electron chi connectivity index (χ4n) is 2.36. The molecule has 0 atom stereocenters. The first-order chi connectivity index (χ1) is 7.34. The van der Waals surface area contributed by atoms with Crippen LogP contribution in [0, 0.1) is 5.92 Å². The highest BCUT2D eigenvalue weighted by Gasteiger charge is 2.20. The minimum atomic E-state index is 0.276. The average molecular weight is 210 g/mol. The van der Waals surface area contributed by atoms with Gasteiger partial charge < -0.3 is 10.6 Å². The maximum atomic E-state index is 11.6. The number of amides is 1. The van der Waals surface area contributed by atoms with Gasteiger partial charge in [-0.05, 0) is 57.5 Å². The molecule has 1 saturated carbocycles. The van der Waals surface area contributed by atoms with E-state index in [1.165, 1.54) is 32.1 Å². The predicted octanol–water partition coefficient (Wildman–Crippen LogP) is 1.43. The van der Waals surface area contributed by atoms with E-state index in [-0.39, 0.29) is 5.91 Å². The van der Waals surface area contributed by atoms with Crippen LogP contribution in [0.3, 0.4) is 0 Å².